The zero-order valence-electron chi connectivity index (χ0n) is 8.69. The summed E-state index contributed by atoms with van der Waals surface area (Å²) in [5.41, 5.74) is -0.00821. The fraction of sp³-hybridized carbons (Fsp3) is 0.667. The molecule has 0 atom stereocenters. The van der Waals surface area contributed by atoms with Crippen LogP contribution in [0.2, 0.25) is 0 Å². The van der Waals surface area contributed by atoms with E-state index in [1.807, 2.05) is 0 Å². The van der Waals surface area contributed by atoms with E-state index in [1.54, 1.807) is 0 Å². The van der Waals surface area contributed by atoms with Crippen LogP contribution in [0, 0.1) is 16.0 Å². The van der Waals surface area contributed by atoms with Crippen molar-refractivity contribution in [1.29, 1.82) is 0 Å². The Hall–Kier alpha value is -1.17. The van der Waals surface area contributed by atoms with Crippen molar-refractivity contribution < 1.29 is 4.92 Å². The number of anilines is 1. The van der Waals surface area contributed by atoms with E-state index in [4.69, 9.17) is 0 Å². The van der Waals surface area contributed by atoms with Crippen LogP contribution in [0.15, 0.2) is 6.20 Å². The van der Waals surface area contributed by atoms with E-state index in [2.05, 4.69) is 24.1 Å². The summed E-state index contributed by atoms with van der Waals surface area (Å²) in [4.78, 5) is 14.1. The lowest BCUT2D eigenvalue weighted by atomic mass is 9.99. The van der Waals surface area contributed by atoms with Gasteiger partial charge in [-0.15, -0.1) is 0 Å². The van der Waals surface area contributed by atoms with E-state index in [0.29, 0.717) is 11.0 Å². The van der Waals surface area contributed by atoms with Gasteiger partial charge < -0.3 is 5.32 Å². The maximum Gasteiger partial charge on any atom is 0.345 e. The van der Waals surface area contributed by atoms with E-state index in [1.165, 1.54) is 19.0 Å². The molecule has 1 aliphatic carbocycles. The Bertz CT molecular complexity index is 384. The van der Waals surface area contributed by atoms with Crippen molar-refractivity contribution in [2.24, 2.45) is 5.92 Å². The molecule has 1 aliphatic rings. The predicted molar refractivity (Wildman–Crippen MR) is 59.2 cm³/mol. The van der Waals surface area contributed by atoms with E-state index < -0.39 is 4.92 Å². The number of nitrogens with zero attached hydrogens (tertiary/aromatic N) is 2. The quantitative estimate of drug-likeness (QED) is 0.634. The number of hydrogen-bond donors (Lipinski definition) is 1. The molecule has 5 nitrogen and oxygen atoms in total. The van der Waals surface area contributed by atoms with Gasteiger partial charge in [0.15, 0.2) is 5.13 Å². The Morgan fingerprint density at radius 1 is 1.67 bits per heavy atom. The van der Waals surface area contributed by atoms with Crippen molar-refractivity contribution in [3.05, 3.63) is 16.3 Å². The Balaban J connectivity index is 2.06. The first-order chi connectivity index (χ1) is 6.99. The summed E-state index contributed by atoms with van der Waals surface area (Å²) in [5.74, 6) is 0.667. The van der Waals surface area contributed by atoms with Gasteiger partial charge in [0.1, 0.15) is 6.20 Å². The molecule has 1 saturated carbocycles. The largest absolute Gasteiger partial charge is 0.356 e. The highest BCUT2D eigenvalue weighted by Crippen LogP contribution is 2.41. The Morgan fingerprint density at radius 3 is 2.80 bits per heavy atom. The molecule has 0 bridgehead atoms. The third kappa shape index (κ3) is 2.26. The Morgan fingerprint density at radius 2 is 2.33 bits per heavy atom. The van der Waals surface area contributed by atoms with Crippen LogP contribution in [0.5, 0.6) is 0 Å². The second-order valence-electron chi connectivity index (χ2n) is 4.38. The zero-order valence-corrected chi connectivity index (χ0v) is 9.50. The number of aromatic nitrogens is 1. The van der Waals surface area contributed by atoms with Crippen molar-refractivity contribution in [2.75, 3.05) is 5.32 Å². The summed E-state index contributed by atoms with van der Waals surface area (Å²) in [6, 6.07) is 0. The van der Waals surface area contributed by atoms with E-state index in [-0.39, 0.29) is 10.5 Å². The molecule has 0 saturated heterocycles. The second kappa shape index (κ2) is 3.44. The zero-order chi connectivity index (χ0) is 11.1. The van der Waals surface area contributed by atoms with E-state index >= 15 is 0 Å². The maximum atomic E-state index is 10.5. The summed E-state index contributed by atoms with van der Waals surface area (Å²) in [6.45, 7) is 4.22. The molecule has 6 heteroatoms. The standard InChI is InChI=1S/C9H13N3O2S/c1-9(2,6-3-4-6)11-8-10-5-7(15-8)12(13)14/h5-6H,3-4H2,1-2H3,(H,10,11). The predicted octanol–water partition coefficient (Wildman–Crippen LogP) is 2.65. The molecule has 0 amide bonds. The molecule has 1 aromatic rings. The molecule has 0 spiro atoms. The average Bonchev–Trinajstić information content (AvgIpc) is 2.88. The lowest BCUT2D eigenvalue weighted by molar-refractivity contribution is -0.380. The number of hydrogen-bond acceptors (Lipinski definition) is 5. The van der Waals surface area contributed by atoms with Crippen LogP contribution in [-0.4, -0.2) is 15.4 Å². The summed E-state index contributed by atoms with van der Waals surface area (Å²) < 4.78 is 0. The minimum Gasteiger partial charge on any atom is -0.356 e. The fourth-order valence-corrected chi connectivity index (χ4v) is 2.39. The van der Waals surface area contributed by atoms with E-state index in [0.717, 1.165) is 11.3 Å². The monoisotopic (exact) mass is 227 g/mol. The van der Waals surface area contributed by atoms with Gasteiger partial charge in [-0.05, 0) is 43.9 Å². The molecule has 1 heterocycles. The smallest absolute Gasteiger partial charge is 0.345 e. The molecule has 82 valence electrons. The molecule has 15 heavy (non-hydrogen) atoms. The Labute approximate surface area is 91.7 Å². The van der Waals surface area contributed by atoms with Gasteiger partial charge in [-0.3, -0.25) is 10.1 Å². The fourth-order valence-electron chi connectivity index (χ4n) is 1.59. The van der Waals surface area contributed by atoms with Gasteiger partial charge in [-0.2, -0.15) is 0 Å². The highest BCUT2D eigenvalue weighted by atomic mass is 32.1. The third-order valence-corrected chi connectivity index (χ3v) is 3.56. The molecular formula is C9H13N3O2S. The number of nitro groups is 1. The summed E-state index contributed by atoms with van der Waals surface area (Å²) in [6.07, 6.45) is 3.76. The van der Waals surface area contributed by atoms with Crippen LogP contribution in [0.3, 0.4) is 0 Å². The molecule has 1 fully saturated rings. The summed E-state index contributed by atoms with van der Waals surface area (Å²) in [7, 11) is 0. The number of nitrogens with one attached hydrogen (secondary N) is 1. The molecule has 2 rings (SSSR count). The minimum atomic E-state index is -0.410. The summed E-state index contributed by atoms with van der Waals surface area (Å²) >= 11 is 1.09. The van der Waals surface area contributed by atoms with Gasteiger partial charge in [0.25, 0.3) is 0 Å². The molecular weight excluding hydrogens is 214 g/mol. The number of rotatable bonds is 4. The van der Waals surface area contributed by atoms with Gasteiger partial charge >= 0.3 is 5.00 Å². The van der Waals surface area contributed by atoms with E-state index in [9.17, 15) is 10.1 Å². The number of thiazole rings is 1. The van der Waals surface area contributed by atoms with Crippen molar-refractivity contribution in [3.8, 4) is 0 Å². The van der Waals surface area contributed by atoms with Crippen molar-refractivity contribution >= 4 is 21.5 Å². The Kier molecular flexibility index (Phi) is 2.38. The first kappa shape index (κ1) is 10.4. The minimum absolute atomic E-state index is 0.00821. The highest BCUT2D eigenvalue weighted by Gasteiger charge is 2.38. The first-order valence-electron chi connectivity index (χ1n) is 4.87. The van der Waals surface area contributed by atoms with Crippen LogP contribution in [0.4, 0.5) is 10.1 Å². The molecule has 1 N–H and O–H groups in total. The SMILES string of the molecule is CC(C)(Nc1ncc([N+](=O)[O-])s1)C1CC1. The first-order valence-corrected chi connectivity index (χ1v) is 5.69. The second-order valence-corrected chi connectivity index (χ2v) is 5.39. The van der Waals surface area contributed by atoms with Crippen molar-refractivity contribution in [2.45, 2.75) is 32.2 Å². The van der Waals surface area contributed by atoms with Crippen LogP contribution in [0.1, 0.15) is 26.7 Å². The normalized spacial score (nSPS) is 16.4. The van der Waals surface area contributed by atoms with Gasteiger partial charge in [0, 0.05) is 5.54 Å². The molecule has 0 radical (unpaired) electrons. The van der Waals surface area contributed by atoms with Crippen LogP contribution in [0.25, 0.3) is 0 Å². The maximum absolute atomic E-state index is 10.5. The van der Waals surface area contributed by atoms with Gasteiger partial charge in [-0.25, -0.2) is 4.98 Å². The van der Waals surface area contributed by atoms with Crippen molar-refractivity contribution in [3.63, 3.8) is 0 Å². The van der Waals surface area contributed by atoms with Gasteiger partial charge in [0.05, 0.1) is 4.92 Å². The summed E-state index contributed by atoms with van der Waals surface area (Å²) in [5, 5.41) is 14.5. The molecule has 0 unspecified atom stereocenters. The lowest BCUT2D eigenvalue weighted by Gasteiger charge is -2.25. The highest BCUT2D eigenvalue weighted by molar-refractivity contribution is 7.18. The average molecular weight is 227 g/mol. The molecule has 0 aromatic carbocycles. The third-order valence-electron chi connectivity index (χ3n) is 2.70. The van der Waals surface area contributed by atoms with Gasteiger partial charge in [-0.1, -0.05) is 0 Å². The molecule has 1 aromatic heterocycles. The molecule has 0 aliphatic heterocycles. The van der Waals surface area contributed by atoms with Crippen LogP contribution in [-0.2, 0) is 0 Å². The van der Waals surface area contributed by atoms with Gasteiger partial charge in [0.2, 0.25) is 0 Å². The van der Waals surface area contributed by atoms with Crippen LogP contribution < -0.4 is 5.32 Å². The lowest BCUT2D eigenvalue weighted by Crippen LogP contribution is -2.33. The van der Waals surface area contributed by atoms with Crippen molar-refractivity contribution in [1.82, 2.24) is 4.98 Å². The van der Waals surface area contributed by atoms with Crippen LogP contribution >= 0.6 is 11.3 Å². The topological polar surface area (TPSA) is 68.1 Å².